The van der Waals surface area contributed by atoms with Crippen LogP contribution in [-0.2, 0) is 4.79 Å². The van der Waals surface area contributed by atoms with Gasteiger partial charge in [-0.1, -0.05) is 19.1 Å². The van der Waals surface area contributed by atoms with Crippen molar-refractivity contribution in [1.82, 2.24) is 4.90 Å². The predicted molar refractivity (Wildman–Crippen MR) is 84.0 cm³/mol. The molecule has 1 aliphatic heterocycles. The number of amides is 1. The van der Waals surface area contributed by atoms with Gasteiger partial charge in [-0.25, -0.2) is 0 Å². The van der Waals surface area contributed by atoms with Gasteiger partial charge in [-0.15, -0.1) is 0 Å². The van der Waals surface area contributed by atoms with Gasteiger partial charge in [0.25, 0.3) is 0 Å². The van der Waals surface area contributed by atoms with E-state index in [2.05, 4.69) is 34.8 Å². The van der Waals surface area contributed by atoms with Gasteiger partial charge >= 0.3 is 0 Å². The molecule has 0 saturated carbocycles. The van der Waals surface area contributed by atoms with Crippen molar-refractivity contribution in [2.24, 2.45) is 5.92 Å². The number of nitrogens with one attached hydrogen (secondary N) is 1. The monoisotopic (exact) mass is 374 g/mol. The van der Waals surface area contributed by atoms with Gasteiger partial charge in [0.15, 0.2) is 0 Å². The number of para-hydroxylation sites is 1. The van der Waals surface area contributed by atoms with E-state index in [0.717, 1.165) is 22.2 Å². The molecule has 1 aliphatic rings. The smallest absolute Gasteiger partial charge is 0.238 e. The summed E-state index contributed by atoms with van der Waals surface area (Å²) in [5.74, 6) is 0.306. The fraction of sp³-hybridized carbons (Fsp3) is 0.500. The minimum Gasteiger partial charge on any atom is -0.392 e. The van der Waals surface area contributed by atoms with Gasteiger partial charge in [-0.2, -0.15) is 0 Å². The fourth-order valence-electron chi connectivity index (χ4n) is 2.21. The molecule has 0 aromatic heterocycles. The fourth-order valence-corrected chi connectivity index (χ4v) is 2.74. The van der Waals surface area contributed by atoms with E-state index in [1.54, 1.807) is 0 Å². The Labute approximate surface area is 127 Å². The Hall–Kier alpha value is -0.660. The minimum atomic E-state index is -0.321. The number of β-amino-alcohol motifs (C(OH)–C–C–N with tert-alkyl or cyclic N) is 1. The molecule has 1 heterocycles. The lowest BCUT2D eigenvalue weighted by Crippen LogP contribution is -2.45. The van der Waals surface area contributed by atoms with Crippen molar-refractivity contribution in [3.8, 4) is 0 Å². The molecule has 1 saturated heterocycles. The van der Waals surface area contributed by atoms with Crippen molar-refractivity contribution < 1.29 is 9.90 Å². The van der Waals surface area contributed by atoms with Crippen LogP contribution in [0.4, 0.5) is 5.69 Å². The van der Waals surface area contributed by atoms with Crippen LogP contribution >= 0.6 is 22.6 Å². The SMILES string of the molecule is CC1CCN(CC(=O)Nc2ccccc2I)CC1O. The maximum atomic E-state index is 12.0. The summed E-state index contributed by atoms with van der Waals surface area (Å²) in [6, 6.07) is 7.71. The Morgan fingerprint density at radius 3 is 2.95 bits per heavy atom. The largest absolute Gasteiger partial charge is 0.392 e. The number of aliphatic hydroxyl groups is 1. The van der Waals surface area contributed by atoms with Crippen molar-refractivity contribution in [1.29, 1.82) is 0 Å². The summed E-state index contributed by atoms with van der Waals surface area (Å²) in [6.07, 6.45) is 0.621. The lowest BCUT2D eigenvalue weighted by atomic mass is 9.96. The first kappa shape index (κ1) is 14.7. The molecule has 1 amide bonds. The van der Waals surface area contributed by atoms with E-state index in [1.165, 1.54) is 0 Å². The maximum Gasteiger partial charge on any atom is 0.238 e. The highest BCUT2D eigenvalue weighted by molar-refractivity contribution is 14.1. The Morgan fingerprint density at radius 2 is 2.26 bits per heavy atom. The average molecular weight is 374 g/mol. The second-order valence-electron chi connectivity index (χ2n) is 5.10. The third-order valence-electron chi connectivity index (χ3n) is 3.52. The number of carbonyl (C=O) groups is 1. The molecule has 2 atom stereocenters. The van der Waals surface area contributed by atoms with Crippen LogP contribution in [0, 0.1) is 9.49 Å². The molecule has 1 fully saturated rings. The Bertz CT molecular complexity index is 453. The van der Waals surface area contributed by atoms with E-state index >= 15 is 0 Å². The van der Waals surface area contributed by atoms with Gasteiger partial charge in [0.05, 0.1) is 18.3 Å². The van der Waals surface area contributed by atoms with Crippen molar-refractivity contribution >= 4 is 34.2 Å². The van der Waals surface area contributed by atoms with Gasteiger partial charge in [-0.05, 0) is 53.6 Å². The van der Waals surface area contributed by atoms with Crippen LogP contribution in [0.2, 0.25) is 0 Å². The predicted octanol–water partition coefficient (Wildman–Crippen LogP) is 1.93. The number of benzene rings is 1. The van der Waals surface area contributed by atoms with E-state index in [9.17, 15) is 9.90 Å². The average Bonchev–Trinajstić information content (AvgIpc) is 2.37. The van der Waals surface area contributed by atoms with E-state index in [1.807, 2.05) is 29.2 Å². The number of hydrogen-bond donors (Lipinski definition) is 2. The first-order valence-electron chi connectivity index (χ1n) is 6.51. The standard InChI is InChI=1S/C14H19IN2O2/c1-10-6-7-17(8-13(10)18)9-14(19)16-12-5-3-2-4-11(12)15/h2-5,10,13,18H,6-9H2,1H3,(H,16,19). The molecule has 19 heavy (non-hydrogen) atoms. The highest BCUT2D eigenvalue weighted by Gasteiger charge is 2.25. The van der Waals surface area contributed by atoms with Crippen molar-refractivity contribution in [2.45, 2.75) is 19.4 Å². The molecule has 1 aromatic carbocycles. The van der Waals surface area contributed by atoms with Crippen LogP contribution in [-0.4, -0.2) is 41.7 Å². The number of piperidine rings is 1. The first-order chi connectivity index (χ1) is 9.06. The summed E-state index contributed by atoms with van der Waals surface area (Å²) in [5, 5.41) is 12.7. The molecule has 0 aliphatic carbocycles. The van der Waals surface area contributed by atoms with Gasteiger partial charge in [0, 0.05) is 10.1 Å². The molecule has 0 spiro atoms. The second kappa shape index (κ2) is 6.67. The zero-order valence-electron chi connectivity index (χ0n) is 11.0. The van der Waals surface area contributed by atoms with E-state index < -0.39 is 0 Å². The summed E-state index contributed by atoms with van der Waals surface area (Å²) in [6.45, 7) is 3.85. The number of aliphatic hydroxyl groups excluding tert-OH is 1. The number of likely N-dealkylation sites (tertiary alicyclic amines) is 1. The molecule has 4 nitrogen and oxygen atoms in total. The molecular weight excluding hydrogens is 355 g/mol. The number of halogens is 1. The molecule has 0 bridgehead atoms. The molecule has 0 radical (unpaired) electrons. The number of rotatable bonds is 3. The molecular formula is C14H19IN2O2. The highest BCUT2D eigenvalue weighted by atomic mass is 127. The number of anilines is 1. The molecule has 2 N–H and O–H groups in total. The minimum absolute atomic E-state index is 0.0223. The normalized spacial score (nSPS) is 24.2. The summed E-state index contributed by atoms with van der Waals surface area (Å²) in [5.41, 5.74) is 0.846. The van der Waals surface area contributed by atoms with Crippen LogP contribution in [0.1, 0.15) is 13.3 Å². The molecule has 2 rings (SSSR count). The van der Waals surface area contributed by atoms with Gasteiger partial charge in [-0.3, -0.25) is 9.69 Å². The lowest BCUT2D eigenvalue weighted by molar-refractivity contribution is -0.118. The number of carbonyl (C=O) groups excluding carboxylic acids is 1. The Balaban J connectivity index is 1.87. The maximum absolute atomic E-state index is 12.0. The number of nitrogens with zero attached hydrogens (tertiary/aromatic N) is 1. The summed E-state index contributed by atoms with van der Waals surface area (Å²) >= 11 is 2.20. The molecule has 5 heteroatoms. The Morgan fingerprint density at radius 1 is 1.53 bits per heavy atom. The van der Waals surface area contributed by atoms with Crippen LogP contribution in [0.3, 0.4) is 0 Å². The zero-order valence-corrected chi connectivity index (χ0v) is 13.1. The summed E-state index contributed by atoms with van der Waals surface area (Å²) in [4.78, 5) is 14.0. The topological polar surface area (TPSA) is 52.6 Å². The van der Waals surface area contributed by atoms with Crippen LogP contribution < -0.4 is 5.32 Å². The summed E-state index contributed by atoms with van der Waals surface area (Å²) in [7, 11) is 0. The zero-order chi connectivity index (χ0) is 13.8. The molecule has 1 aromatic rings. The van der Waals surface area contributed by atoms with E-state index in [-0.39, 0.29) is 12.0 Å². The van der Waals surface area contributed by atoms with Gasteiger partial charge in [0.2, 0.25) is 5.91 Å². The second-order valence-corrected chi connectivity index (χ2v) is 6.26. The third-order valence-corrected chi connectivity index (χ3v) is 4.46. The lowest BCUT2D eigenvalue weighted by Gasteiger charge is -2.33. The van der Waals surface area contributed by atoms with E-state index in [0.29, 0.717) is 19.0 Å². The number of hydrogen-bond acceptors (Lipinski definition) is 3. The van der Waals surface area contributed by atoms with Gasteiger partial charge < -0.3 is 10.4 Å². The van der Waals surface area contributed by atoms with Gasteiger partial charge in [0.1, 0.15) is 0 Å². The Kier molecular flexibility index (Phi) is 5.18. The van der Waals surface area contributed by atoms with Crippen molar-refractivity contribution in [2.75, 3.05) is 25.0 Å². The quantitative estimate of drug-likeness (QED) is 0.796. The van der Waals surface area contributed by atoms with Crippen LogP contribution in [0.5, 0.6) is 0 Å². The third kappa shape index (κ3) is 4.15. The molecule has 2 unspecified atom stereocenters. The van der Waals surface area contributed by atoms with Crippen LogP contribution in [0.25, 0.3) is 0 Å². The van der Waals surface area contributed by atoms with Crippen molar-refractivity contribution in [3.63, 3.8) is 0 Å². The van der Waals surface area contributed by atoms with Crippen molar-refractivity contribution in [3.05, 3.63) is 27.8 Å². The van der Waals surface area contributed by atoms with Crippen LogP contribution in [0.15, 0.2) is 24.3 Å². The highest BCUT2D eigenvalue weighted by Crippen LogP contribution is 2.18. The van der Waals surface area contributed by atoms with E-state index in [4.69, 9.17) is 0 Å². The first-order valence-corrected chi connectivity index (χ1v) is 7.59. The summed E-state index contributed by atoms with van der Waals surface area (Å²) < 4.78 is 1.03. The molecule has 104 valence electrons.